The Hall–Kier alpha value is -2.44. The molecule has 1 fully saturated rings. The molecule has 0 unspecified atom stereocenters. The van der Waals surface area contributed by atoms with E-state index in [1.165, 1.54) is 12.1 Å². The SMILES string of the molecule is CC(C)(C)OC(=O)c1ccc(C(=O)N2CCCC2)cc1[N+](=O)[O-]. The van der Waals surface area contributed by atoms with E-state index >= 15 is 0 Å². The van der Waals surface area contributed by atoms with Gasteiger partial charge < -0.3 is 9.64 Å². The predicted molar refractivity (Wildman–Crippen MR) is 83.4 cm³/mol. The van der Waals surface area contributed by atoms with Crippen LogP contribution in [0, 0.1) is 10.1 Å². The molecular formula is C16H20N2O5. The normalized spacial score (nSPS) is 14.7. The summed E-state index contributed by atoms with van der Waals surface area (Å²) in [7, 11) is 0. The van der Waals surface area contributed by atoms with Gasteiger partial charge in [-0.2, -0.15) is 0 Å². The van der Waals surface area contributed by atoms with Crippen molar-refractivity contribution in [2.45, 2.75) is 39.2 Å². The Bertz CT molecular complexity index is 642. The molecule has 0 atom stereocenters. The number of esters is 1. The zero-order chi connectivity index (χ0) is 17.2. The quantitative estimate of drug-likeness (QED) is 0.485. The van der Waals surface area contributed by atoms with Gasteiger partial charge in [-0.3, -0.25) is 14.9 Å². The van der Waals surface area contributed by atoms with Crippen molar-refractivity contribution in [1.29, 1.82) is 0 Å². The van der Waals surface area contributed by atoms with Crippen LogP contribution in [0.25, 0.3) is 0 Å². The van der Waals surface area contributed by atoms with Crippen molar-refractivity contribution in [3.8, 4) is 0 Å². The van der Waals surface area contributed by atoms with Gasteiger partial charge in [0, 0.05) is 24.7 Å². The van der Waals surface area contributed by atoms with E-state index in [9.17, 15) is 19.7 Å². The summed E-state index contributed by atoms with van der Waals surface area (Å²) < 4.78 is 5.18. The molecule has 124 valence electrons. The highest BCUT2D eigenvalue weighted by Crippen LogP contribution is 2.24. The fourth-order valence-corrected chi connectivity index (χ4v) is 2.42. The lowest BCUT2D eigenvalue weighted by Crippen LogP contribution is -2.28. The molecule has 0 bridgehead atoms. The van der Waals surface area contributed by atoms with Crippen LogP contribution in [0.5, 0.6) is 0 Å². The van der Waals surface area contributed by atoms with Crippen LogP contribution in [-0.2, 0) is 4.74 Å². The van der Waals surface area contributed by atoms with Gasteiger partial charge >= 0.3 is 5.97 Å². The van der Waals surface area contributed by atoms with Gasteiger partial charge in [0.1, 0.15) is 11.2 Å². The molecule has 0 N–H and O–H groups in total. The van der Waals surface area contributed by atoms with E-state index in [-0.39, 0.29) is 17.0 Å². The highest BCUT2D eigenvalue weighted by atomic mass is 16.6. The van der Waals surface area contributed by atoms with Gasteiger partial charge in [-0.05, 0) is 45.7 Å². The molecule has 0 spiro atoms. The molecule has 1 aliphatic rings. The molecule has 0 radical (unpaired) electrons. The molecule has 1 saturated heterocycles. The van der Waals surface area contributed by atoms with Gasteiger partial charge in [-0.1, -0.05) is 0 Å². The Labute approximate surface area is 134 Å². The number of benzene rings is 1. The minimum absolute atomic E-state index is 0.150. The second-order valence-corrected chi connectivity index (χ2v) is 6.49. The van der Waals surface area contributed by atoms with Crippen LogP contribution in [0.4, 0.5) is 5.69 Å². The standard InChI is InChI=1S/C16H20N2O5/c1-16(2,3)23-15(20)12-7-6-11(10-13(12)18(21)22)14(19)17-8-4-5-9-17/h6-7,10H,4-5,8-9H2,1-3H3. The Morgan fingerprint density at radius 2 is 1.83 bits per heavy atom. The maximum Gasteiger partial charge on any atom is 0.345 e. The van der Waals surface area contributed by atoms with Crippen molar-refractivity contribution in [1.82, 2.24) is 4.90 Å². The van der Waals surface area contributed by atoms with E-state index in [0.29, 0.717) is 13.1 Å². The molecule has 0 aromatic heterocycles. The third kappa shape index (κ3) is 4.06. The lowest BCUT2D eigenvalue weighted by atomic mass is 10.1. The third-order valence-electron chi connectivity index (χ3n) is 3.45. The summed E-state index contributed by atoms with van der Waals surface area (Å²) >= 11 is 0. The molecule has 7 nitrogen and oxygen atoms in total. The number of hydrogen-bond acceptors (Lipinski definition) is 5. The molecule has 7 heteroatoms. The number of likely N-dealkylation sites (tertiary alicyclic amines) is 1. The summed E-state index contributed by atoms with van der Waals surface area (Å²) in [4.78, 5) is 36.7. The number of nitro benzene ring substituents is 1. The van der Waals surface area contributed by atoms with Gasteiger partial charge in [0.15, 0.2) is 0 Å². The lowest BCUT2D eigenvalue weighted by molar-refractivity contribution is -0.385. The lowest BCUT2D eigenvalue weighted by Gasteiger charge is -2.19. The largest absolute Gasteiger partial charge is 0.456 e. The molecule has 1 aliphatic heterocycles. The molecule has 1 aromatic rings. The summed E-state index contributed by atoms with van der Waals surface area (Å²) in [6.45, 7) is 6.35. The first-order chi connectivity index (χ1) is 10.7. The Kier molecular flexibility index (Phi) is 4.68. The molecule has 23 heavy (non-hydrogen) atoms. The van der Waals surface area contributed by atoms with E-state index in [0.717, 1.165) is 18.9 Å². The van der Waals surface area contributed by atoms with Crippen molar-refractivity contribution in [2.24, 2.45) is 0 Å². The van der Waals surface area contributed by atoms with Gasteiger partial charge in [0.05, 0.1) is 4.92 Å². The predicted octanol–water partition coefficient (Wildman–Crippen LogP) is 2.79. The van der Waals surface area contributed by atoms with Crippen LogP contribution >= 0.6 is 0 Å². The van der Waals surface area contributed by atoms with E-state index < -0.39 is 22.2 Å². The minimum atomic E-state index is -0.774. The summed E-state index contributed by atoms with van der Waals surface area (Å²) in [5, 5.41) is 11.3. The zero-order valence-electron chi connectivity index (χ0n) is 13.5. The van der Waals surface area contributed by atoms with Crippen molar-refractivity contribution in [3.63, 3.8) is 0 Å². The van der Waals surface area contributed by atoms with Gasteiger partial charge in [-0.15, -0.1) is 0 Å². The first-order valence-corrected chi connectivity index (χ1v) is 7.50. The smallest absolute Gasteiger partial charge is 0.345 e. The maximum absolute atomic E-state index is 12.3. The molecule has 1 amide bonds. The van der Waals surface area contributed by atoms with Crippen LogP contribution in [0.1, 0.15) is 54.3 Å². The van der Waals surface area contributed by atoms with E-state index in [4.69, 9.17) is 4.74 Å². The summed E-state index contributed by atoms with van der Waals surface area (Å²) in [6, 6.07) is 3.88. The number of carbonyl (C=O) groups excluding carboxylic acids is 2. The van der Waals surface area contributed by atoms with Crippen LogP contribution < -0.4 is 0 Å². The van der Waals surface area contributed by atoms with Crippen LogP contribution in [0.2, 0.25) is 0 Å². The number of nitro groups is 1. The van der Waals surface area contributed by atoms with E-state index in [1.54, 1.807) is 25.7 Å². The Morgan fingerprint density at radius 1 is 1.22 bits per heavy atom. The highest BCUT2D eigenvalue weighted by molar-refractivity contribution is 5.99. The molecule has 2 rings (SSSR count). The third-order valence-corrected chi connectivity index (χ3v) is 3.45. The summed E-state index contributed by atoms with van der Waals surface area (Å²) in [5.74, 6) is -1.02. The molecule has 0 aliphatic carbocycles. The Morgan fingerprint density at radius 3 is 2.35 bits per heavy atom. The van der Waals surface area contributed by atoms with Crippen LogP contribution in [0.15, 0.2) is 18.2 Å². The first kappa shape index (κ1) is 16.9. The van der Waals surface area contributed by atoms with Gasteiger partial charge in [0.25, 0.3) is 11.6 Å². The second-order valence-electron chi connectivity index (χ2n) is 6.49. The van der Waals surface area contributed by atoms with Crippen LogP contribution in [0.3, 0.4) is 0 Å². The van der Waals surface area contributed by atoms with Crippen LogP contribution in [-0.4, -0.2) is 40.4 Å². The van der Waals surface area contributed by atoms with E-state index in [1.807, 2.05) is 0 Å². The van der Waals surface area contributed by atoms with Crippen molar-refractivity contribution >= 4 is 17.6 Å². The topological polar surface area (TPSA) is 89.8 Å². The fourth-order valence-electron chi connectivity index (χ4n) is 2.42. The maximum atomic E-state index is 12.3. The average Bonchev–Trinajstić information content (AvgIpc) is 2.98. The number of hydrogen-bond donors (Lipinski definition) is 0. The Balaban J connectivity index is 2.33. The summed E-state index contributed by atoms with van der Waals surface area (Å²) in [6.07, 6.45) is 1.87. The van der Waals surface area contributed by atoms with Crippen molar-refractivity contribution in [2.75, 3.05) is 13.1 Å². The van der Waals surface area contributed by atoms with Gasteiger partial charge in [0.2, 0.25) is 0 Å². The number of ether oxygens (including phenoxy) is 1. The monoisotopic (exact) mass is 320 g/mol. The summed E-state index contributed by atoms with van der Waals surface area (Å²) in [5.41, 5.74) is -1.10. The average molecular weight is 320 g/mol. The number of amides is 1. The highest BCUT2D eigenvalue weighted by Gasteiger charge is 2.28. The zero-order valence-corrected chi connectivity index (χ0v) is 13.5. The molecule has 1 heterocycles. The number of carbonyl (C=O) groups is 2. The first-order valence-electron chi connectivity index (χ1n) is 7.50. The number of rotatable bonds is 3. The van der Waals surface area contributed by atoms with E-state index in [2.05, 4.69) is 0 Å². The molecular weight excluding hydrogens is 300 g/mol. The van der Waals surface area contributed by atoms with Crippen molar-refractivity contribution < 1.29 is 19.2 Å². The van der Waals surface area contributed by atoms with Crippen molar-refractivity contribution in [3.05, 3.63) is 39.4 Å². The minimum Gasteiger partial charge on any atom is -0.456 e. The van der Waals surface area contributed by atoms with Gasteiger partial charge in [-0.25, -0.2) is 4.79 Å². The number of nitrogens with zero attached hydrogens (tertiary/aromatic N) is 2. The molecule has 1 aromatic carbocycles. The second kappa shape index (κ2) is 6.36. The fraction of sp³-hybridized carbons (Fsp3) is 0.500. The molecule has 0 saturated carbocycles.